The van der Waals surface area contributed by atoms with E-state index in [4.69, 9.17) is 4.74 Å². The van der Waals surface area contributed by atoms with E-state index in [0.717, 1.165) is 12.8 Å². The van der Waals surface area contributed by atoms with Gasteiger partial charge in [0.1, 0.15) is 11.5 Å². The van der Waals surface area contributed by atoms with Crippen LogP contribution in [0.3, 0.4) is 0 Å². The number of benzene rings is 1. The van der Waals surface area contributed by atoms with Crippen molar-refractivity contribution in [3.63, 3.8) is 0 Å². The fourth-order valence-electron chi connectivity index (χ4n) is 3.67. The Morgan fingerprint density at radius 3 is 2.52 bits per heavy atom. The maximum Gasteiger partial charge on any atom is 0.435 e. The third-order valence-electron chi connectivity index (χ3n) is 5.14. The van der Waals surface area contributed by atoms with E-state index in [1.54, 1.807) is 18.2 Å². The van der Waals surface area contributed by atoms with Gasteiger partial charge in [0.25, 0.3) is 5.91 Å². The lowest BCUT2D eigenvalue weighted by molar-refractivity contribution is -0.141. The summed E-state index contributed by atoms with van der Waals surface area (Å²) in [6.07, 6.45) is -1.82. The molecule has 2 aromatic rings. The van der Waals surface area contributed by atoms with E-state index in [1.807, 2.05) is 6.92 Å². The Morgan fingerprint density at radius 2 is 1.93 bits per heavy atom. The summed E-state index contributed by atoms with van der Waals surface area (Å²) in [6, 6.07) is 6.53. The molecule has 0 atom stereocenters. The summed E-state index contributed by atoms with van der Waals surface area (Å²) in [4.78, 5) is 14.5. The molecule has 5 nitrogen and oxygen atoms in total. The number of carbonyl (C=O) groups excluding carboxylic acids is 1. The summed E-state index contributed by atoms with van der Waals surface area (Å²) in [6.45, 7) is 2.48. The number of aromatic nitrogens is 2. The maximum atomic E-state index is 14.2. The van der Waals surface area contributed by atoms with Crippen LogP contribution in [0.5, 0.6) is 0 Å². The molecule has 0 aliphatic heterocycles. The monoisotopic (exact) mass is 413 g/mol. The van der Waals surface area contributed by atoms with Crippen molar-refractivity contribution in [2.75, 3.05) is 6.61 Å². The second-order valence-corrected chi connectivity index (χ2v) is 7.07. The number of aromatic amines is 1. The first-order valence-electron chi connectivity index (χ1n) is 9.58. The first-order valence-corrected chi connectivity index (χ1v) is 9.58. The minimum Gasteiger partial charge on any atom is -0.379 e. The Bertz CT molecular complexity index is 829. The summed E-state index contributed by atoms with van der Waals surface area (Å²) >= 11 is 0. The molecule has 1 aromatic carbocycles. The standard InChI is InChI=1S/C20H23F4N3O2/c1-2-29-15-9-7-14(8-10-15)27(12-13-5-3-4-6-16(13)21)19(28)17-11-18(26-25-17)20(22,23)24/h3-6,11,14-15H,2,7-10,12H2,1H3,(H,25,26)/t14-,15-. The number of alkyl halides is 3. The number of carbonyl (C=O) groups is 1. The van der Waals surface area contributed by atoms with Crippen LogP contribution in [0, 0.1) is 5.82 Å². The molecule has 1 aliphatic rings. The van der Waals surface area contributed by atoms with Gasteiger partial charge in [-0.05, 0) is 38.7 Å². The van der Waals surface area contributed by atoms with Gasteiger partial charge < -0.3 is 9.64 Å². The second kappa shape index (κ2) is 8.94. The highest BCUT2D eigenvalue weighted by Gasteiger charge is 2.36. The Kier molecular flexibility index (Phi) is 6.56. The van der Waals surface area contributed by atoms with Gasteiger partial charge in [0.05, 0.1) is 6.10 Å². The predicted octanol–water partition coefficient (Wildman–Crippen LogP) is 4.56. The lowest BCUT2D eigenvalue weighted by Crippen LogP contribution is -2.43. The average molecular weight is 413 g/mol. The van der Waals surface area contributed by atoms with Gasteiger partial charge in [0.15, 0.2) is 5.69 Å². The number of halogens is 4. The number of hydrogen-bond donors (Lipinski definition) is 1. The molecule has 0 saturated heterocycles. The molecule has 9 heteroatoms. The Morgan fingerprint density at radius 1 is 1.24 bits per heavy atom. The summed E-state index contributed by atoms with van der Waals surface area (Å²) in [5.74, 6) is -1.09. The van der Waals surface area contributed by atoms with Crippen LogP contribution in [0.2, 0.25) is 0 Å². The van der Waals surface area contributed by atoms with E-state index >= 15 is 0 Å². The van der Waals surface area contributed by atoms with E-state index < -0.39 is 23.6 Å². The minimum atomic E-state index is -4.65. The van der Waals surface area contributed by atoms with Crippen molar-refractivity contribution in [3.05, 3.63) is 53.1 Å². The lowest BCUT2D eigenvalue weighted by atomic mass is 9.91. The molecule has 1 saturated carbocycles. The zero-order valence-electron chi connectivity index (χ0n) is 16.0. The highest BCUT2D eigenvalue weighted by atomic mass is 19.4. The summed E-state index contributed by atoms with van der Waals surface area (Å²) in [7, 11) is 0. The summed E-state index contributed by atoms with van der Waals surface area (Å²) < 4.78 is 58.4. The molecule has 158 valence electrons. The molecule has 1 fully saturated rings. The smallest absolute Gasteiger partial charge is 0.379 e. The molecule has 3 rings (SSSR count). The molecule has 1 aliphatic carbocycles. The average Bonchev–Trinajstić information content (AvgIpc) is 3.19. The van der Waals surface area contributed by atoms with Gasteiger partial charge >= 0.3 is 6.18 Å². The number of amides is 1. The Hall–Kier alpha value is -2.42. The highest BCUT2D eigenvalue weighted by molar-refractivity contribution is 5.92. The normalized spacial score (nSPS) is 19.9. The fraction of sp³-hybridized carbons (Fsp3) is 0.500. The third-order valence-corrected chi connectivity index (χ3v) is 5.14. The molecule has 0 radical (unpaired) electrons. The number of rotatable bonds is 6. The number of hydrogen-bond acceptors (Lipinski definition) is 3. The van der Waals surface area contributed by atoms with Gasteiger partial charge in [-0.2, -0.15) is 18.3 Å². The van der Waals surface area contributed by atoms with Crippen LogP contribution in [-0.4, -0.2) is 39.8 Å². The molecule has 1 amide bonds. The molecule has 0 unspecified atom stereocenters. The van der Waals surface area contributed by atoms with Crippen molar-refractivity contribution < 1.29 is 27.1 Å². The predicted molar refractivity (Wildman–Crippen MR) is 97.5 cm³/mol. The largest absolute Gasteiger partial charge is 0.435 e. The van der Waals surface area contributed by atoms with E-state index in [-0.39, 0.29) is 24.4 Å². The first kappa shape index (κ1) is 21.3. The van der Waals surface area contributed by atoms with E-state index in [1.165, 1.54) is 11.0 Å². The molecular weight excluding hydrogens is 390 g/mol. The van der Waals surface area contributed by atoms with Gasteiger partial charge in [-0.3, -0.25) is 9.89 Å². The summed E-state index contributed by atoms with van der Waals surface area (Å²) in [5, 5.41) is 5.39. The van der Waals surface area contributed by atoms with Gasteiger partial charge in [-0.15, -0.1) is 0 Å². The van der Waals surface area contributed by atoms with E-state index in [2.05, 4.69) is 10.2 Å². The van der Waals surface area contributed by atoms with Crippen molar-refractivity contribution >= 4 is 5.91 Å². The first-order chi connectivity index (χ1) is 13.8. The number of ether oxygens (including phenoxy) is 1. The van der Waals surface area contributed by atoms with Crippen molar-refractivity contribution in [3.8, 4) is 0 Å². The molecule has 0 spiro atoms. The van der Waals surface area contributed by atoms with Crippen molar-refractivity contribution in [1.29, 1.82) is 0 Å². The van der Waals surface area contributed by atoms with Crippen molar-refractivity contribution in [1.82, 2.24) is 15.1 Å². The SMILES string of the molecule is CCO[C@H]1CC[C@H](N(Cc2ccccc2F)C(=O)c2cc(C(F)(F)F)n[nH]2)CC1. The number of nitrogens with one attached hydrogen (secondary N) is 1. The van der Waals surface area contributed by atoms with Gasteiger partial charge in [-0.1, -0.05) is 18.2 Å². The third kappa shape index (κ3) is 5.14. The molecule has 1 heterocycles. The fourth-order valence-corrected chi connectivity index (χ4v) is 3.67. The van der Waals surface area contributed by atoms with Crippen LogP contribution in [0.15, 0.2) is 30.3 Å². The zero-order valence-corrected chi connectivity index (χ0v) is 16.0. The highest BCUT2D eigenvalue weighted by Crippen LogP contribution is 2.30. The van der Waals surface area contributed by atoms with Gasteiger partial charge in [0, 0.05) is 30.8 Å². The second-order valence-electron chi connectivity index (χ2n) is 7.07. The summed E-state index contributed by atoms with van der Waals surface area (Å²) in [5.41, 5.74) is -1.12. The van der Waals surface area contributed by atoms with Gasteiger partial charge in [-0.25, -0.2) is 4.39 Å². The lowest BCUT2D eigenvalue weighted by Gasteiger charge is -2.36. The van der Waals surface area contributed by atoms with Crippen LogP contribution in [0.4, 0.5) is 17.6 Å². The molecule has 1 N–H and O–H groups in total. The van der Waals surface area contributed by atoms with Crippen LogP contribution in [-0.2, 0) is 17.5 Å². The Balaban J connectivity index is 1.83. The van der Waals surface area contributed by atoms with Crippen LogP contribution in [0.1, 0.15) is 54.4 Å². The van der Waals surface area contributed by atoms with Crippen LogP contribution < -0.4 is 0 Å². The number of nitrogens with zero attached hydrogens (tertiary/aromatic N) is 2. The van der Waals surface area contributed by atoms with E-state index in [9.17, 15) is 22.4 Å². The van der Waals surface area contributed by atoms with E-state index in [0.29, 0.717) is 31.1 Å². The molecule has 29 heavy (non-hydrogen) atoms. The molecular formula is C20H23F4N3O2. The minimum absolute atomic E-state index is 0.0319. The van der Waals surface area contributed by atoms with Crippen molar-refractivity contribution in [2.24, 2.45) is 0 Å². The van der Waals surface area contributed by atoms with Gasteiger partial charge in [0.2, 0.25) is 0 Å². The topological polar surface area (TPSA) is 58.2 Å². The zero-order chi connectivity index (χ0) is 21.0. The molecule has 0 bridgehead atoms. The van der Waals surface area contributed by atoms with Crippen molar-refractivity contribution in [2.45, 2.75) is 57.5 Å². The quantitative estimate of drug-likeness (QED) is 0.707. The Labute approximate surface area is 166 Å². The van der Waals surface area contributed by atoms with Crippen LogP contribution >= 0.6 is 0 Å². The molecule has 1 aromatic heterocycles. The van der Waals surface area contributed by atoms with Crippen LogP contribution in [0.25, 0.3) is 0 Å². The number of H-pyrrole nitrogens is 1. The maximum absolute atomic E-state index is 14.2.